The van der Waals surface area contributed by atoms with Crippen LogP contribution in [0.25, 0.3) is 0 Å². The van der Waals surface area contributed by atoms with E-state index in [2.05, 4.69) is 27.8 Å². The fourth-order valence-electron chi connectivity index (χ4n) is 2.22. The van der Waals surface area contributed by atoms with E-state index >= 15 is 0 Å². The van der Waals surface area contributed by atoms with Crippen molar-refractivity contribution in [2.45, 2.75) is 19.6 Å². The predicted molar refractivity (Wildman–Crippen MR) is 97.7 cm³/mol. The third-order valence-corrected chi connectivity index (χ3v) is 3.48. The number of nitrogens with zero attached hydrogens (tertiary/aromatic N) is 1. The van der Waals surface area contributed by atoms with Gasteiger partial charge >= 0.3 is 0 Å². The van der Waals surface area contributed by atoms with Crippen LogP contribution in [-0.4, -0.2) is 32.8 Å². The summed E-state index contributed by atoms with van der Waals surface area (Å²) < 4.78 is 11.2. The maximum atomic E-state index is 5.92. The van der Waals surface area contributed by atoms with Crippen LogP contribution in [0.3, 0.4) is 0 Å². The van der Waals surface area contributed by atoms with Crippen molar-refractivity contribution in [2.24, 2.45) is 4.99 Å². The average Bonchev–Trinajstić information content (AvgIpc) is 2.63. The zero-order valence-corrected chi connectivity index (χ0v) is 14.5. The fraction of sp³-hybridized carbons (Fsp3) is 0.316. The van der Waals surface area contributed by atoms with Crippen LogP contribution >= 0.6 is 0 Å². The van der Waals surface area contributed by atoms with E-state index in [9.17, 15) is 0 Å². The quantitative estimate of drug-likeness (QED) is 0.606. The molecule has 0 aliphatic heterocycles. The van der Waals surface area contributed by atoms with Gasteiger partial charge in [0, 0.05) is 13.6 Å². The van der Waals surface area contributed by atoms with Gasteiger partial charge in [0.05, 0.1) is 13.7 Å². The summed E-state index contributed by atoms with van der Waals surface area (Å²) in [6.07, 6.45) is -0.0309. The van der Waals surface area contributed by atoms with Gasteiger partial charge in [0.25, 0.3) is 0 Å². The van der Waals surface area contributed by atoms with Gasteiger partial charge in [0.1, 0.15) is 6.10 Å². The maximum absolute atomic E-state index is 5.92. The molecule has 0 amide bonds. The number of hydrogen-bond donors (Lipinski definition) is 2. The molecule has 2 rings (SSSR count). The second-order valence-corrected chi connectivity index (χ2v) is 5.37. The maximum Gasteiger partial charge on any atom is 0.191 e. The third-order valence-electron chi connectivity index (χ3n) is 3.48. The molecule has 0 saturated carbocycles. The normalized spacial score (nSPS) is 12.4. The molecule has 0 radical (unpaired) electrons. The van der Waals surface area contributed by atoms with Gasteiger partial charge < -0.3 is 20.1 Å². The van der Waals surface area contributed by atoms with Crippen molar-refractivity contribution in [3.63, 3.8) is 0 Å². The van der Waals surface area contributed by atoms with Gasteiger partial charge in [-0.2, -0.15) is 0 Å². The number of methoxy groups -OCH3 is 1. The molecule has 0 aliphatic carbocycles. The molecule has 128 valence electrons. The Morgan fingerprint density at radius 2 is 1.67 bits per heavy atom. The summed E-state index contributed by atoms with van der Waals surface area (Å²) in [6, 6.07) is 17.8. The largest absolute Gasteiger partial charge is 0.493 e. The van der Waals surface area contributed by atoms with Crippen molar-refractivity contribution in [1.82, 2.24) is 10.6 Å². The summed E-state index contributed by atoms with van der Waals surface area (Å²) in [7, 11) is 3.40. The summed E-state index contributed by atoms with van der Waals surface area (Å²) in [5.74, 6) is 2.21. The van der Waals surface area contributed by atoms with Crippen LogP contribution < -0.4 is 20.1 Å². The van der Waals surface area contributed by atoms with Crippen molar-refractivity contribution >= 4 is 5.96 Å². The van der Waals surface area contributed by atoms with Crippen molar-refractivity contribution in [1.29, 1.82) is 0 Å². The lowest BCUT2D eigenvalue weighted by molar-refractivity contribution is 0.213. The minimum atomic E-state index is -0.0309. The Hall–Kier alpha value is -2.69. The van der Waals surface area contributed by atoms with E-state index in [1.165, 1.54) is 5.56 Å². The zero-order chi connectivity index (χ0) is 17.2. The first-order chi connectivity index (χ1) is 11.7. The van der Waals surface area contributed by atoms with Crippen molar-refractivity contribution < 1.29 is 9.47 Å². The van der Waals surface area contributed by atoms with E-state index in [4.69, 9.17) is 9.47 Å². The summed E-state index contributed by atoms with van der Waals surface area (Å²) in [5, 5.41) is 6.56. The van der Waals surface area contributed by atoms with Crippen LogP contribution in [0.4, 0.5) is 0 Å². The number of rotatable bonds is 7. The molecule has 24 heavy (non-hydrogen) atoms. The zero-order valence-electron chi connectivity index (χ0n) is 14.5. The number of ether oxygens (including phenoxy) is 2. The fourth-order valence-corrected chi connectivity index (χ4v) is 2.22. The highest BCUT2D eigenvalue weighted by Crippen LogP contribution is 2.26. The Bertz CT molecular complexity index is 644. The average molecular weight is 327 g/mol. The molecule has 0 saturated heterocycles. The Morgan fingerprint density at radius 1 is 1.00 bits per heavy atom. The highest BCUT2D eigenvalue weighted by molar-refractivity contribution is 5.79. The standard InChI is InChI=1S/C19H25N3O2/c1-15(24-18-12-8-7-11-17(18)23-3)13-21-19(20-2)22-14-16-9-5-4-6-10-16/h4-12,15H,13-14H2,1-3H3,(H2,20,21,22). The van der Waals surface area contributed by atoms with Gasteiger partial charge in [0.2, 0.25) is 0 Å². The van der Waals surface area contributed by atoms with E-state index in [-0.39, 0.29) is 6.10 Å². The van der Waals surface area contributed by atoms with E-state index in [1.807, 2.05) is 49.4 Å². The van der Waals surface area contributed by atoms with Gasteiger partial charge in [-0.1, -0.05) is 42.5 Å². The first kappa shape index (κ1) is 17.7. The summed E-state index contributed by atoms with van der Waals surface area (Å²) in [4.78, 5) is 4.23. The van der Waals surface area contributed by atoms with Gasteiger partial charge in [-0.3, -0.25) is 4.99 Å². The van der Waals surface area contributed by atoms with E-state index in [0.29, 0.717) is 6.54 Å². The van der Waals surface area contributed by atoms with Crippen molar-refractivity contribution in [2.75, 3.05) is 20.7 Å². The van der Waals surface area contributed by atoms with E-state index < -0.39 is 0 Å². The molecule has 5 nitrogen and oxygen atoms in total. The van der Waals surface area contributed by atoms with Crippen LogP contribution in [0.5, 0.6) is 11.5 Å². The molecule has 2 aromatic carbocycles. The Balaban J connectivity index is 1.80. The minimum Gasteiger partial charge on any atom is -0.493 e. The molecule has 5 heteroatoms. The van der Waals surface area contributed by atoms with Crippen molar-refractivity contribution in [3.05, 3.63) is 60.2 Å². The van der Waals surface area contributed by atoms with Gasteiger partial charge in [0.15, 0.2) is 17.5 Å². The number of benzene rings is 2. The smallest absolute Gasteiger partial charge is 0.191 e. The second-order valence-electron chi connectivity index (χ2n) is 5.37. The molecule has 0 bridgehead atoms. The number of hydrogen-bond acceptors (Lipinski definition) is 3. The highest BCUT2D eigenvalue weighted by atomic mass is 16.5. The topological polar surface area (TPSA) is 54.9 Å². The molecule has 0 heterocycles. The van der Waals surface area contributed by atoms with Gasteiger partial charge in [-0.05, 0) is 24.6 Å². The summed E-state index contributed by atoms with van der Waals surface area (Å²) >= 11 is 0. The number of para-hydroxylation sites is 2. The molecule has 2 N–H and O–H groups in total. The van der Waals surface area contributed by atoms with Gasteiger partial charge in [-0.25, -0.2) is 0 Å². The predicted octanol–water partition coefficient (Wildman–Crippen LogP) is 2.83. The van der Waals surface area contributed by atoms with Crippen molar-refractivity contribution in [3.8, 4) is 11.5 Å². The van der Waals surface area contributed by atoms with E-state index in [1.54, 1.807) is 14.2 Å². The molecular weight excluding hydrogens is 302 g/mol. The number of guanidine groups is 1. The first-order valence-electron chi connectivity index (χ1n) is 8.01. The molecule has 0 aliphatic rings. The molecular formula is C19H25N3O2. The number of aliphatic imine (C=N–C) groups is 1. The van der Waals surface area contributed by atoms with Crippen LogP contribution in [-0.2, 0) is 6.54 Å². The SMILES string of the molecule is CN=C(NCc1ccccc1)NCC(C)Oc1ccccc1OC. The third kappa shape index (κ3) is 5.50. The first-order valence-corrected chi connectivity index (χ1v) is 8.01. The van der Waals surface area contributed by atoms with Crippen LogP contribution in [0.2, 0.25) is 0 Å². The lowest BCUT2D eigenvalue weighted by atomic mass is 10.2. The molecule has 0 aromatic heterocycles. The monoisotopic (exact) mass is 327 g/mol. The Kier molecular flexibility index (Phi) is 6.95. The van der Waals surface area contributed by atoms with Crippen LogP contribution in [0.15, 0.2) is 59.6 Å². The molecule has 0 spiro atoms. The summed E-state index contributed by atoms with van der Waals surface area (Å²) in [6.45, 7) is 3.36. The Labute approximate surface area is 143 Å². The molecule has 2 aromatic rings. The lowest BCUT2D eigenvalue weighted by Gasteiger charge is -2.19. The van der Waals surface area contributed by atoms with Gasteiger partial charge in [-0.15, -0.1) is 0 Å². The van der Waals surface area contributed by atoms with E-state index in [0.717, 1.165) is 24.0 Å². The van der Waals surface area contributed by atoms with Crippen LogP contribution in [0, 0.1) is 0 Å². The molecule has 1 unspecified atom stereocenters. The molecule has 0 fully saturated rings. The lowest BCUT2D eigenvalue weighted by Crippen LogP contribution is -2.41. The van der Waals surface area contributed by atoms with Crippen LogP contribution in [0.1, 0.15) is 12.5 Å². The highest BCUT2D eigenvalue weighted by Gasteiger charge is 2.09. The minimum absolute atomic E-state index is 0.0309. The molecule has 1 atom stereocenters. The Morgan fingerprint density at radius 3 is 2.33 bits per heavy atom. The summed E-state index contributed by atoms with van der Waals surface area (Å²) in [5.41, 5.74) is 1.21. The second kappa shape index (κ2) is 9.45. The number of nitrogens with one attached hydrogen (secondary N) is 2.